The first-order valence-corrected chi connectivity index (χ1v) is 7.04. The first kappa shape index (κ1) is 14.1. The van der Waals surface area contributed by atoms with Crippen LogP contribution in [-0.2, 0) is 4.79 Å². The van der Waals surface area contributed by atoms with Crippen molar-refractivity contribution in [3.8, 4) is 0 Å². The van der Waals surface area contributed by atoms with Crippen molar-refractivity contribution in [1.29, 1.82) is 0 Å². The third-order valence-corrected chi connectivity index (χ3v) is 3.46. The highest BCUT2D eigenvalue weighted by molar-refractivity contribution is 6.01. The number of carbonyl (C=O) groups excluding carboxylic acids is 1. The first-order valence-electron chi connectivity index (χ1n) is 7.04. The number of oxazole rings is 1. The molecule has 0 aliphatic heterocycles. The van der Waals surface area contributed by atoms with E-state index in [0.29, 0.717) is 11.5 Å². The fraction of sp³-hybridized carbons (Fsp3) is 0.111. The van der Waals surface area contributed by atoms with Crippen molar-refractivity contribution in [1.82, 2.24) is 4.98 Å². The van der Waals surface area contributed by atoms with Crippen molar-refractivity contribution in [2.45, 2.75) is 13.8 Å². The van der Waals surface area contributed by atoms with Gasteiger partial charge in [0.05, 0.1) is 0 Å². The Labute approximate surface area is 128 Å². The third-order valence-electron chi connectivity index (χ3n) is 3.46. The maximum absolute atomic E-state index is 11.9. The molecule has 4 heteroatoms. The van der Waals surface area contributed by atoms with Gasteiger partial charge in [0.1, 0.15) is 5.52 Å². The summed E-state index contributed by atoms with van der Waals surface area (Å²) in [7, 11) is 0. The number of aromatic nitrogens is 1. The van der Waals surface area contributed by atoms with Crippen LogP contribution in [0, 0.1) is 13.8 Å². The predicted molar refractivity (Wildman–Crippen MR) is 87.6 cm³/mol. The minimum Gasteiger partial charge on any atom is -0.437 e. The van der Waals surface area contributed by atoms with Crippen LogP contribution in [-0.4, -0.2) is 10.9 Å². The maximum Gasteiger partial charge on any atom is 0.248 e. The molecule has 0 aliphatic rings. The Balaban J connectivity index is 1.71. The normalized spacial score (nSPS) is 11.2. The van der Waals surface area contributed by atoms with Crippen molar-refractivity contribution >= 4 is 28.8 Å². The van der Waals surface area contributed by atoms with Gasteiger partial charge < -0.3 is 9.73 Å². The minimum atomic E-state index is -0.217. The molecule has 0 saturated carbocycles. The molecule has 4 nitrogen and oxygen atoms in total. The van der Waals surface area contributed by atoms with E-state index in [2.05, 4.69) is 10.3 Å². The molecule has 110 valence electrons. The SMILES string of the molecule is Cc1ccc(NC(=O)/C=C/c2nc3ccccc3o2)cc1C. The molecule has 3 aromatic rings. The molecule has 1 heterocycles. The molecule has 1 N–H and O–H groups in total. The van der Waals surface area contributed by atoms with Crippen LogP contribution >= 0.6 is 0 Å². The number of nitrogens with one attached hydrogen (secondary N) is 1. The number of fused-ring (bicyclic) bond motifs is 1. The van der Waals surface area contributed by atoms with Crippen LogP contribution in [0.15, 0.2) is 53.0 Å². The molecule has 0 radical (unpaired) electrons. The van der Waals surface area contributed by atoms with Crippen LogP contribution < -0.4 is 5.32 Å². The van der Waals surface area contributed by atoms with Crippen LogP contribution in [0.5, 0.6) is 0 Å². The topological polar surface area (TPSA) is 55.1 Å². The molecule has 1 aromatic heterocycles. The predicted octanol–water partition coefficient (Wildman–Crippen LogP) is 4.10. The molecule has 0 aliphatic carbocycles. The number of para-hydroxylation sites is 2. The standard InChI is InChI=1S/C18H16N2O2/c1-12-7-8-14(11-13(12)2)19-17(21)9-10-18-20-15-5-3-4-6-16(15)22-18/h3-11H,1-2H3,(H,19,21)/b10-9+. The third kappa shape index (κ3) is 3.06. The molecule has 22 heavy (non-hydrogen) atoms. The van der Waals surface area contributed by atoms with Gasteiger partial charge in [0.25, 0.3) is 0 Å². The Kier molecular flexibility index (Phi) is 3.74. The summed E-state index contributed by atoms with van der Waals surface area (Å²) in [6.07, 6.45) is 2.98. The first-order chi connectivity index (χ1) is 10.6. The maximum atomic E-state index is 11.9. The van der Waals surface area contributed by atoms with E-state index in [1.165, 1.54) is 11.6 Å². The van der Waals surface area contributed by atoms with E-state index in [1.54, 1.807) is 6.08 Å². The zero-order chi connectivity index (χ0) is 15.5. The minimum absolute atomic E-state index is 0.217. The highest BCUT2D eigenvalue weighted by atomic mass is 16.3. The van der Waals surface area contributed by atoms with Gasteiger partial charge in [0.15, 0.2) is 5.58 Å². The molecule has 0 saturated heterocycles. The number of nitrogens with zero attached hydrogens (tertiary/aromatic N) is 1. The van der Waals surface area contributed by atoms with E-state index in [4.69, 9.17) is 4.42 Å². The molecule has 1 amide bonds. The fourth-order valence-corrected chi connectivity index (χ4v) is 2.11. The van der Waals surface area contributed by atoms with Gasteiger partial charge in [-0.15, -0.1) is 0 Å². The smallest absolute Gasteiger partial charge is 0.248 e. The van der Waals surface area contributed by atoms with Gasteiger partial charge in [0, 0.05) is 17.8 Å². The van der Waals surface area contributed by atoms with E-state index in [1.807, 2.05) is 56.3 Å². The fourth-order valence-electron chi connectivity index (χ4n) is 2.11. The number of carbonyl (C=O) groups is 1. The largest absolute Gasteiger partial charge is 0.437 e. The van der Waals surface area contributed by atoms with Crippen molar-refractivity contribution < 1.29 is 9.21 Å². The number of amides is 1. The molecule has 0 atom stereocenters. The lowest BCUT2D eigenvalue weighted by atomic mass is 10.1. The van der Waals surface area contributed by atoms with E-state index in [-0.39, 0.29) is 5.91 Å². The number of benzene rings is 2. The lowest BCUT2D eigenvalue weighted by Crippen LogP contribution is -2.07. The lowest BCUT2D eigenvalue weighted by molar-refractivity contribution is -0.111. The van der Waals surface area contributed by atoms with E-state index in [9.17, 15) is 4.79 Å². The lowest BCUT2D eigenvalue weighted by Gasteiger charge is -2.05. The Morgan fingerprint density at radius 3 is 2.73 bits per heavy atom. The summed E-state index contributed by atoms with van der Waals surface area (Å²) in [5, 5.41) is 2.82. The van der Waals surface area contributed by atoms with E-state index < -0.39 is 0 Å². The highest BCUT2D eigenvalue weighted by Crippen LogP contribution is 2.16. The summed E-state index contributed by atoms with van der Waals surface area (Å²) in [5.41, 5.74) is 4.59. The van der Waals surface area contributed by atoms with Crippen LogP contribution in [0.3, 0.4) is 0 Å². The average Bonchev–Trinajstić information content (AvgIpc) is 2.92. The second kappa shape index (κ2) is 5.85. The molecule has 3 rings (SSSR count). The second-order valence-corrected chi connectivity index (χ2v) is 5.14. The van der Waals surface area contributed by atoms with Gasteiger partial charge in [-0.1, -0.05) is 18.2 Å². The van der Waals surface area contributed by atoms with E-state index in [0.717, 1.165) is 16.8 Å². The second-order valence-electron chi connectivity index (χ2n) is 5.14. The molecular weight excluding hydrogens is 276 g/mol. The average molecular weight is 292 g/mol. The molecular formula is C18H16N2O2. The van der Waals surface area contributed by atoms with Crippen LogP contribution in [0.4, 0.5) is 5.69 Å². The van der Waals surface area contributed by atoms with Crippen LogP contribution in [0.2, 0.25) is 0 Å². The molecule has 0 spiro atoms. The zero-order valence-electron chi connectivity index (χ0n) is 12.5. The summed E-state index contributed by atoms with van der Waals surface area (Å²) in [4.78, 5) is 16.2. The van der Waals surface area contributed by atoms with Crippen molar-refractivity contribution in [2.75, 3.05) is 5.32 Å². The summed E-state index contributed by atoms with van der Waals surface area (Å²) in [5.74, 6) is 0.196. The quantitative estimate of drug-likeness (QED) is 0.739. The number of aryl methyl sites for hydroxylation is 2. The molecule has 2 aromatic carbocycles. The van der Waals surface area contributed by atoms with Crippen molar-refractivity contribution in [3.63, 3.8) is 0 Å². The molecule has 0 fully saturated rings. The Morgan fingerprint density at radius 1 is 1.14 bits per heavy atom. The van der Waals surface area contributed by atoms with Gasteiger partial charge in [-0.2, -0.15) is 0 Å². The summed E-state index contributed by atoms with van der Waals surface area (Å²) in [6, 6.07) is 13.3. The Morgan fingerprint density at radius 2 is 1.95 bits per heavy atom. The van der Waals surface area contributed by atoms with Crippen molar-refractivity contribution in [3.05, 3.63) is 65.6 Å². The number of rotatable bonds is 3. The molecule has 0 unspecified atom stereocenters. The van der Waals surface area contributed by atoms with Gasteiger partial charge in [-0.3, -0.25) is 4.79 Å². The van der Waals surface area contributed by atoms with Crippen LogP contribution in [0.25, 0.3) is 17.2 Å². The van der Waals surface area contributed by atoms with Gasteiger partial charge in [-0.25, -0.2) is 4.98 Å². The Hall–Kier alpha value is -2.88. The number of hydrogen-bond acceptors (Lipinski definition) is 3. The van der Waals surface area contributed by atoms with Gasteiger partial charge in [0.2, 0.25) is 11.8 Å². The van der Waals surface area contributed by atoms with Crippen LogP contribution in [0.1, 0.15) is 17.0 Å². The number of anilines is 1. The zero-order valence-corrected chi connectivity index (χ0v) is 12.5. The summed E-state index contributed by atoms with van der Waals surface area (Å²) < 4.78 is 5.53. The highest BCUT2D eigenvalue weighted by Gasteiger charge is 2.03. The molecule has 0 bridgehead atoms. The van der Waals surface area contributed by atoms with Gasteiger partial charge >= 0.3 is 0 Å². The van der Waals surface area contributed by atoms with Gasteiger partial charge in [-0.05, 0) is 49.2 Å². The summed E-state index contributed by atoms with van der Waals surface area (Å²) >= 11 is 0. The monoisotopic (exact) mass is 292 g/mol. The Bertz CT molecular complexity index is 829. The van der Waals surface area contributed by atoms with E-state index >= 15 is 0 Å². The summed E-state index contributed by atoms with van der Waals surface area (Å²) in [6.45, 7) is 4.05. The number of hydrogen-bond donors (Lipinski definition) is 1. The van der Waals surface area contributed by atoms with Crippen molar-refractivity contribution in [2.24, 2.45) is 0 Å².